The van der Waals surface area contributed by atoms with Crippen LogP contribution in [0, 0.1) is 6.92 Å². The molecule has 0 saturated heterocycles. The number of aromatic nitrogens is 3. The number of aryl methyl sites for hydroxylation is 2. The van der Waals surface area contributed by atoms with Crippen LogP contribution in [0.1, 0.15) is 29.8 Å². The summed E-state index contributed by atoms with van der Waals surface area (Å²) >= 11 is 0. The minimum atomic E-state index is 0.0513. The molecule has 0 bridgehead atoms. The van der Waals surface area contributed by atoms with Gasteiger partial charge in [0.05, 0.1) is 19.3 Å². The van der Waals surface area contributed by atoms with E-state index < -0.39 is 0 Å². The second-order valence-electron chi connectivity index (χ2n) is 4.44. The van der Waals surface area contributed by atoms with Gasteiger partial charge in [-0.2, -0.15) is 5.10 Å². The maximum atomic E-state index is 5.42. The lowest BCUT2D eigenvalue weighted by atomic mass is 10.00. The molecule has 1 unspecified atom stereocenters. The van der Waals surface area contributed by atoms with Gasteiger partial charge in [-0.15, -0.1) is 0 Å². The second-order valence-corrected chi connectivity index (χ2v) is 4.44. The van der Waals surface area contributed by atoms with Crippen molar-refractivity contribution in [3.05, 3.63) is 41.5 Å². The summed E-state index contributed by atoms with van der Waals surface area (Å²) in [7, 11) is 3.60. The number of hydrogen-bond acceptors (Lipinski definition) is 4. The first-order valence-electron chi connectivity index (χ1n) is 6.38. The van der Waals surface area contributed by atoms with Gasteiger partial charge in [0.15, 0.2) is 5.75 Å². The van der Waals surface area contributed by atoms with E-state index in [4.69, 9.17) is 4.74 Å². The molecule has 0 radical (unpaired) electrons. The fraction of sp³-hybridized carbons (Fsp3) is 0.429. The van der Waals surface area contributed by atoms with Crippen molar-refractivity contribution in [2.45, 2.75) is 19.9 Å². The van der Waals surface area contributed by atoms with Crippen molar-refractivity contribution >= 4 is 0 Å². The van der Waals surface area contributed by atoms with Crippen molar-refractivity contribution in [1.29, 1.82) is 0 Å². The summed E-state index contributed by atoms with van der Waals surface area (Å²) in [5.74, 6) is 0.796. The zero-order valence-electron chi connectivity index (χ0n) is 11.8. The minimum Gasteiger partial charge on any atom is -0.493 e. The van der Waals surface area contributed by atoms with Crippen LogP contribution >= 0.6 is 0 Å². The molecule has 0 aliphatic rings. The molecule has 5 heteroatoms. The fourth-order valence-electron chi connectivity index (χ4n) is 2.28. The molecule has 19 heavy (non-hydrogen) atoms. The summed E-state index contributed by atoms with van der Waals surface area (Å²) in [6.07, 6.45) is 5.44. The van der Waals surface area contributed by atoms with Gasteiger partial charge >= 0.3 is 0 Å². The Hall–Kier alpha value is -1.88. The van der Waals surface area contributed by atoms with Crippen LogP contribution in [0.2, 0.25) is 0 Å². The van der Waals surface area contributed by atoms with Gasteiger partial charge in [-0.1, -0.05) is 6.92 Å². The summed E-state index contributed by atoms with van der Waals surface area (Å²) in [4.78, 5) is 4.15. The number of methoxy groups -OCH3 is 1. The molecule has 0 aromatic carbocycles. The van der Waals surface area contributed by atoms with E-state index in [2.05, 4.69) is 29.2 Å². The quantitative estimate of drug-likeness (QED) is 0.891. The van der Waals surface area contributed by atoms with Gasteiger partial charge in [-0.3, -0.25) is 9.67 Å². The summed E-state index contributed by atoms with van der Waals surface area (Å²) in [6, 6.07) is 2.09. The molecule has 2 rings (SSSR count). The van der Waals surface area contributed by atoms with Crippen LogP contribution in [0.25, 0.3) is 0 Å². The van der Waals surface area contributed by atoms with Gasteiger partial charge in [0.2, 0.25) is 0 Å². The van der Waals surface area contributed by atoms with Crippen molar-refractivity contribution in [2.24, 2.45) is 7.05 Å². The molecular formula is C14H20N4O. The van der Waals surface area contributed by atoms with E-state index >= 15 is 0 Å². The predicted octanol–water partition coefficient (Wildman–Crippen LogP) is 1.83. The SMILES string of the molecule is CCNC(c1ccncc1C)c1c(OC)cnn1C. The number of rotatable bonds is 5. The maximum Gasteiger partial charge on any atom is 0.161 e. The lowest BCUT2D eigenvalue weighted by molar-refractivity contribution is 0.401. The van der Waals surface area contributed by atoms with Crippen molar-refractivity contribution in [3.63, 3.8) is 0 Å². The molecule has 0 aliphatic heterocycles. The molecule has 1 N–H and O–H groups in total. The molecule has 1 atom stereocenters. The third-order valence-electron chi connectivity index (χ3n) is 3.23. The molecule has 0 saturated carbocycles. The van der Waals surface area contributed by atoms with Crippen molar-refractivity contribution in [2.75, 3.05) is 13.7 Å². The highest BCUT2D eigenvalue weighted by molar-refractivity contribution is 5.38. The Morgan fingerprint density at radius 2 is 2.21 bits per heavy atom. The van der Waals surface area contributed by atoms with Gasteiger partial charge in [-0.25, -0.2) is 0 Å². The van der Waals surface area contributed by atoms with E-state index in [1.807, 2.05) is 30.2 Å². The molecule has 0 fully saturated rings. The Labute approximate surface area is 113 Å². The second kappa shape index (κ2) is 5.84. The van der Waals surface area contributed by atoms with E-state index in [1.54, 1.807) is 13.3 Å². The third kappa shape index (κ3) is 2.61. The number of nitrogens with one attached hydrogen (secondary N) is 1. The Morgan fingerprint density at radius 1 is 1.42 bits per heavy atom. The molecule has 0 spiro atoms. The molecule has 5 nitrogen and oxygen atoms in total. The predicted molar refractivity (Wildman–Crippen MR) is 74.3 cm³/mol. The summed E-state index contributed by atoms with van der Waals surface area (Å²) in [5, 5.41) is 7.77. The van der Waals surface area contributed by atoms with E-state index in [0.717, 1.165) is 23.6 Å². The summed E-state index contributed by atoms with van der Waals surface area (Å²) < 4.78 is 7.27. The van der Waals surface area contributed by atoms with Crippen LogP contribution < -0.4 is 10.1 Å². The topological polar surface area (TPSA) is 52.0 Å². The monoisotopic (exact) mass is 260 g/mol. The first-order valence-corrected chi connectivity index (χ1v) is 6.38. The van der Waals surface area contributed by atoms with Crippen molar-refractivity contribution < 1.29 is 4.74 Å². The maximum absolute atomic E-state index is 5.42. The number of nitrogens with zero attached hydrogens (tertiary/aromatic N) is 3. The first kappa shape index (κ1) is 13.5. The molecule has 0 amide bonds. The van der Waals surface area contributed by atoms with Gasteiger partial charge in [0, 0.05) is 19.4 Å². The molecule has 102 valence electrons. The van der Waals surface area contributed by atoms with E-state index in [1.165, 1.54) is 5.56 Å². The zero-order chi connectivity index (χ0) is 13.8. The lowest BCUT2D eigenvalue weighted by Gasteiger charge is -2.21. The Kier molecular flexibility index (Phi) is 4.16. The normalized spacial score (nSPS) is 12.4. The standard InChI is InChI=1S/C14H20N4O/c1-5-16-13(11-6-7-15-8-10(11)2)14-12(19-4)9-17-18(14)3/h6-9,13,16H,5H2,1-4H3. The fourth-order valence-corrected chi connectivity index (χ4v) is 2.28. The highest BCUT2D eigenvalue weighted by Crippen LogP contribution is 2.30. The van der Waals surface area contributed by atoms with Crippen molar-refractivity contribution in [1.82, 2.24) is 20.1 Å². The summed E-state index contributed by atoms with van der Waals surface area (Å²) in [5.41, 5.74) is 3.37. The Bertz CT molecular complexity index is 550. The lowest BCUT2D eigenvalue weighted by Crippen LogP contribution is -2.25. The molecule has 0 aliphatic carbocycles. The third-order valence-corrected chi connectivity index (χ3v) is 3.23. The van der Waals surface area contributed by atoms with Gasteiger partial charge < -0.3 is 10.1 Å². The molecule has 2 aromatic heterocycles. The minimum absolute atomic E-state index is 0.0513. The van der Waals surface area contributed by atoms with E-state index in [0.29, 0.717) is 0 Å². The van der Waals surface area contributed by atoms with E-state index in [-0.39, 0.29) is 6.04 Å². The highest BCUT2D eigenvalue weighted by Gasteiger charge is 2.22. The summed E-state index contributed by atoms with van der Waals surface area (Å²) in [6.45, 7) is 5.02. The van der Waals surface area contributed by atoms with Gasteiger partial charge in [0.1, 0.15) is 5.69 Å². The first-order chi connectivity index (χ1) is 9.19. The van der Waals surface area contributed by atoms with E-state index in [9.17, 15) is 0 Å². The van der Waals surface area contributed by atoms with Crippen LogP contribution in [0.15, 0.2) is 24.7 Å². The number of ether oxygens (including phenoxy) is 1. The average molecular weight is 260 g/mol. The number of pyridine rings is 1. The van der Waals surface area contributed by atoms with Crippen LogP contribution in [0.3, 0.4) is 0 Å². The Balaban J connectivity index is 2.51. The van der Waals surface area contributed by atoms with Crippen molar-refractivity contribution in [3.8, 4) is 5.75 Å². The highest BCUT2D eigenvalue weighted by atomic mass is 16.5. The Morgan fingerprint density at radius 3 is 2.84 bits per heavy atom. The van der Waals surface area contributed by atoms with Gasteiger partial charge in [0.25, 0.3) is 0 Å². The van der Waals surface area contributed by atoms with Crippen LogP contribution in [-0.4, -0.2) is 28.4 Å². The van der Waals surface area contributed by atoms with Crippen LogP contribution in [-0.2, 0) is 7.05 Å². The molecule has 2 heterocycles. The number of hydrogen-bond donors (Lipinski definition) is 1. The average Bonchev–Trinajstić information content (AvgIpc) is 2.78. The van der Waals surface area contributed by atoms with Crippen LogP contribution in [0.5, 0.6) is 5.75 Å². The largest absolute Gasteiger partial charge is 0.493 e. The zero-order valence-corrected chi connectivity index (χ0v) is 11.8. The molecule has 2 aromatic rings. The van der Waals surface area contributed by atoms with Crippen LogP contribution in [0.4, 0.5) is 0 Å². The molecular weight excluding hydrogens is 240 g/mol. The van der Waals surface area contributed by atoms with Gasteiger partial charge in [-0.05, 0) is 30.7 Å². The smallest absolute Gasteiger partial charge is 0.161 e.